The fraction of sp³-hybridized carbons (Fsp3) is 1.00. The summed E-state index contributed by atoms with van der Waals surface area (Å²) in [6, 6.07) is 0. The van der Waals surface area contributed by atoms with Crippen molar-refractivity contribution < 1.29 is 4.74 Å². The van der Waals surface area contributed by atoms with Gasteiger partial charge < -0.3 is 15.0 Å². The van der Waals surface area contributed by atoms with Gasteiger partial charge in [0, 0.05) is 20.2 Å². The highest BCUT2D eigenvalue weighted by atomic mass is 16.5. The summed E-state index contributed by atoms with van der Waals surface area (Å²) < 4.78 is 5.33. The normalized spacial score (nSPS) is 29.3. The number of likely N-dealkylation sites (tertiary alicyclic amines) is 1. The van der Waals surface area contributed by atoms with Crippen LogP contribution in [0.15, 0.2) is 0 Å². The number of rotatable bonds is 5. The molecule has 18 heavy (non-hydrogen) atoms. The largest absolute Gasteiger partial charge is 0.384 e. The molecule has 0 aromatic carbocycles. The average Bonchev–Trinajstić information content (AvgIpc) is 2.41. The first-order valence-electron chi connectivity index (χ1n) is 7.70. The summed E-state index contributed by atoms with van der Waals surface area (Å²) in [5.74, 6) is 0.763. The quantitative estimate of drug-likeness (QED) is 0.813. The monoisotopic (exact) mass is 254 g/mol. The van der Waals surface area contributed by atoms with Crippen molar-refractivity contribution in [2.24, 2.45) is 11.3 Å². The summed E-state index contributed by atoms with van der Waals surface area (Å²) in [7, 11) is 1.83. The molecule has 1 atom stereocenters. The van der Waals surface area contributed by atoms with Gasteiger partial charge in [0.2, 0.25) is 0 Å². The Bertz CT molecular complexity index is 237. The topological polar surface area (TPSA) is 24.5 Å². The molecule has 0 saturated carbocycles. The van der Waals surface area contributed by atoms with Crippen LogP contribution in [0.5, 0.6) is 0 Å². The van der Waals surface area contributed by atoms with E-state index in [1.165, 1.54) is 64.8 Å². The van der Waals surface area contributed by atoms with Gasteiger partial charge in [0.25, 0.3) is 0 Å². The lowest BCUT2D eigenvalue weighted by atomic mass is 9.76. The van der Waals surface area contributed by atoms with Crippen molar-refractivity contribution in [1.29, 1.82) is 0 Å². The van der Waals surface area contributed by atoms with Gasteiger partial charge in [-0.3, -0.25) is 0 Å². The van der Waals surface area contributed by atoms with Gasteiger partial charge in [-0.25, -0.2) is 0 Å². The highest BCUT2D eigenvalue weighted by Gasteiger charge is 2.33. The summed E-state index contributed by atoms with van der Waals surface area (Å²) in [5.41, 5.74) is 0.584. The van der Waals surface area contributed by atoms with Crippen LogP contribution >= 0.6 is 0 Å². The Morgan fingerprint density at radius 3 is 2.78 bits per heavy atom. The molecule has 2 aliphatic heterocycles. The lowest BCUT2D eigenvalue weighted by Crippen LogP contribution is -2.47. The van der Waals surface area contributed by atoms with E-state index in [-0.39, 0.29) is 0 Å². The maximum atomic E-state index is 5.33. The summed E-state index contributed by atoms with van der Waals surface area (Å²) in [5, 5.41) is 3.50. The number of methoxy groups -OCH3 is 1. The van der Waals surface area contributed by atoms with E-state index in [1.807, 2.05) is 7.11 Å². The zero-order chi connectivity index (χ0) is 12.8. The predicted molar refractivity (Wildman–Crippen MR) is 75.9 cm³/mol. The van der Waals surface area contributed by atoms with Crippen LogP contribution in [-0.4, -0.2) is 51.3 Å². The van der Waals surface area contributed by atoms with Gasteiger partial charge in [-0.15, -0.1) is 0 Å². The molecule has 2 aliphatic rings. The second-order valence-electron chi connectivity index (χ2n) is 6.30. The van der Waals surface area contributed by atoms with Gasteiger partial charge >= 0.3 is 0 Å². The van der Waals surface area contributed by atoms with Crippen LogP contribution in [0.25, 0.3) is 0 Å². The SMILES string of the molecule is CCC1(CN2CCCC(COC)C2)CCNCC1. The smallest absolute Gasteiger partial charge is 0.0502 e. The number of nitrogens with one attached hydrogen (secondary N) is 1. The van der Waals surface area contributed by atoms with Crippen LogP contribution in [0.2, 0.25) is 0 Å². The minimum absolute atomic E-state index is 0.584. The van der Waals surface area contributed by atoms with E-state index in [2.05, 4.69) is 17.1 Å². The molecular formula is C15H30N2O. The second-order valence-corrected chi connectivity index (χ2v) is 6.30. The molecule has 0 aromatic rings. The van der Waals surface area contributed by atoms with Crippen LogP contribution in [0.3, 0.4) is 0 Å². The lowest BCUT2D eigenvalue weighted by molar-refractivity contribution is 0.0488. The molecule has 2 rings (SSSR count). The van der Waals surface area contributed by atoms with Crippen molar-refractivity contribution >= 4 is 0 Å². The van der Waals surface area contributed by atoms with Crippen molar-refractivity contribution in [3.05, 3.63) is 0 Å². The average molecular weight is 254 g/mol. The molecule has 2 heterocycles. The van der Waals surface area contributed by atoms with Gasteiger partial charge in [-0.1, -0.05) is 6.92 Å². The minimum atomic E-state index is 0.584. The molecule has 3 nitrogen and oxygen atoms in total. The Morgan fingerprint density at radius 2 is 2.11 bits per heavy atom. The Hall–Kier alpha value is -0.120. The minimum Gasteiger partial charge on any atom is -0.384 e. The second kappa shape index (κ2) is 6.88. The summed E-state index contributed by atoms with van der Waals surface area (Å²) in [4.78, 5) is 2.71. The maximum absolute atomic E-state index is 5.33. The van der Waals surface area contributed by atoms with Gasteiger partial charge in [-0.2, -0.15) is 0 Å². The Labute approximate surface area is 112 Å². The number of nitrogens with zero attached hydrogens (tertiary/aromatic N) is 1. The van der Waals surface area contributed by atoms with E-state index in [0.29, 0.717) is 5.41 Å². The molecule has 1 N–H and O–H groups in total. The van der Waals surface area contributed by atoms with E-state index in [9.17, 15) is 0 Å². The summed E-state index contributed by atoms with van der Waals surface area (Å²) in [6.45, 7) is 9.61. The van der Waals surface area contributed by atoms with Crippen LogP contribution in [-0.2, 0) is 4.74 Å². The van der Waals surface area contributed by atoms with Gasteiger partial charge in [0.15, 0.2) is 0 Å². The Morgan fingerprint density at radius 1 is 1.33 bits per heavy atom. The van der Waals surface area contributed by atoms with E-state index in [4.69, 9.17) is 4.74 Å². The fourth-order valence-electron chi connectivity index (χ4n) is 3.72. The molecule has 106 valence electrons. The van der Waals surface area contributed by atoms with Crippen molar-refractivity contribution in [2.45, 2.75) is 39.0 Å². The third-order valence-electron chi connectivity index (χ3n) is 4.98. The van der Waals surface area contributed by atoms with Crippen LogP contribution in [0.1, 0.15) is 39.0 Å². The molecule has 2 saturated heterocycles. The van der Waals surface area contributed by atoms with Gasteiger partial charge in [0.1, 0.15) is 0 Å². The fourth-order valence-corrected chi connectivity index (χ4v) is 3.72. The first kappa shape index (κ1) is 14.3. The van der Waals surface area contributed by atoms with Gasteiger partial charge in [-0.05, 0) is 63.1 Å². The lowest BCUT2D eigenvalue weighted by Gasteiger charge is -2.43. The molecular weight excluding hydrogens is 224 g/mol. The van der Waals surface area contributed by atoms with Crippen LogP contribution in [0, 0.1) is 11.3 Å². The number of piperidine rings is 2. The third kappa shape index (κ3) is 3.69. The Balaban J connectivity index is 1.86. The third-order valence-corrected chi connectivity index (χ3v) is 4.98. The Kier molecular flexibility index (Phi) is 5.46. The highest BCUT2D eigenvalue weighted by Crippen LogP contribution is 2.34. The first-order valence-corrected chi connectivity index (χ1v) is 7.70. The maximum Gasteiger partial charge on any atom is 0.0502 e. The van der Waals surface area contributed by atoms with Gasteiger partial charge in [0.05, 0.1) is 6.61 Å². The number of ether oxygens (including phenoxy) is 1. The van der Waals surface area contributed by atoms with E-state index in [1.54, 1.807) is 0 Å². The van der Waals surface area contributed by atoms with E-state index in [0.717, 1.165) is 12.5 Å². The van der Waals surface area contributed by atoms with Crippen molar-refractivity contribution in [1.82, 2.24) is 10.2 Å². The van der Waals surface area contributed by atoms with Crippen LogP contribution < -0.4 is 5.32 Å². The molecule has 0 bridgehead atoms. The summed E-state index contributed by atoms with van der Waals surface area (Å²) in [6.07, 6.45) is 6.75. The van der Waals surface area contributed by atoms with E-state index < -0.39 is 0 Å². The zero-order valence-electron chi connectivity index (χ0n) is 12.2. The molecule has 0 aromatic heterocycles. The first-order chi connectivity index (χ1) is 8.78. The molecule has 0 amide bonds. The van der Waals surface area contributed by atoms with Crippen LogP contribution in [0.4, 0.5) is 0 Å². The number of hydrogen-bond acceptors (Lipinski definition) is 3. The van der Waals surface area contributed by atoms with E-state index >= 15 is 0 Å². The standard InChI is InChI=1S/C15H30N2O/c1-3-15(6-8-16-9-7-15)13-17-10-4-5-14(11-17)12-18-2/h14,16H,3-13H2,1-2H3. The highest BCUT2D eigenvalue weighted by molar-refractivity contribution is 4.88. The predicted octanol–water partition coefficient (Wildman–Crippen LogP) is 2.12. The molecule has 2 fully saturated rings. The van der Waals surface area contributed by atoms with Crippen molar-refractivity contribution in [3.8, 4) is 0 Å². The number of hydrogen-bond donors (Lipinski definition) is 1. The zero-order valence-corrected chi connectivity index (χ0v) is 12.2. The molecule has 3 heteroatoms. The molecule has 1 unspecified atom stereocenters. The van der Waals surface area contributed by atoms with Crippen molar-refractivity contribution in [3.63, 3.8) is 0 Å². The van der Waals surface area contributed by atoms with Crippen molar-refractivity contribution in [2.75, 3.05) is 46.4 Å². The summed E-state index contributed by atoms with van der Waals surface area (Å²) >= 11 is 0. The molecule has 0 radical (unpaired) electrons. The molecule has 0 spiro atoms. The molecule has 0 aliphatic carbocycles.